The first-order chi connectivity index (χ1) is 14.4. The minimum atomic E-state index is -0.872. The molecule has 0 aromatic carbocycles. The fraction of sp³-hybridized carbons (Fsp3) is 0.348. The average Bonchev–Trinajstić information content (AvgIpc) is 3.45. The Balaban J connectivity index is 1.62. The van der Waals surface area contributed by atoms with Crippen LogP contribution in [0.5, 0.6) is 0 Å². The number of nitrogens with one attached hydrogen (secondary N) is 1. The van der Waals surface area contributed by atoms with Crippen LogP contribution in [0, 0.1) is 0 Å². The van der Waals surface area contributed by atoms with Crippen LogP contribution >= 0.6 is 0 Å². The van der Waals surface area contributed by atoms with E-state index in [4.69, 9.17) is 5.73 Å². The van der Waals surface area contributed by atoms with Crippen molar-refractivity contribution < 1.29 is 9.90 Å². The number of hydrogen-bond acceptors (Lipinski definition) is 5. The molecular weight excluding hydrogens is 378 g/mol. The molecule has 2 aliphatic rings. The molecule has 3 heterocycles. The molecule has 1 fully saturated rings. The van der Waals surface area contributed by atoms with Crippen LogP contribution in [-0.4, -0.2) is 46.7 Å². The summed E-state index contributed by atoms with van der Waals surface area (Å²) < 4.78 is 0. The summed E-state index contributed by atoms with van der Waals surface area (Å²) >= 11 is 0. The van der Waals surface area contributed by atoms with Gasteiger partial charge in [-0.25, -0.2) is 9.78 Å². The van der Waals surface area contributed by atoms with Gasteiger partial charge in [0.25, 0.3) is 0 Å². The molecule has 1 saturated carbocycles. The highest BCUT2D eigenvalue weighted by Crippen LogP contribution is 2.51. The lowest BCUT2D eigenvalue weighted by Gasteiger charge is -2.18. The maximum absolute atomic E-state index is 12.1. The fourth-order valence-electron chi connectivity index (χ4n) is 4.49. The molecule has 30 heavy (non-hydrogen) atoms. The number of carboxylic acid groups (broad SMARTS) is 1. The van der Waals surface area contributed by atoms with Crippen molar-refractivity contribution in [2.75, 3.05) is 25.5 Å². The van der Waals surface area contributed by atoms with E-state index in [2.05, 4.69) is 15.0 Å². The topological polar surface area (TPSA) is 108 Å². The third-order valence-electron chi connectivity index (χ3n) is 6.49. The van der Waals surface area contributed by atoms with Gasteiger partial charge in [0, 0.05) is 55.3 Å². The average molecular weight is 403 g/mol. The molecule has 3 aromatic rings. The molecule has 2 aliphatic carbocycles. The Labute approximate surface area is 175 Å². The highest BCUT2D eigenvalue weighted by molar-refractivity contribution is 5.95. The molecular formula is C23H25N5O2. The predicted molar refractivity (Wildman–Crippen MR) is 116 cm³/mol. The number of aromatic amines is 1. The number of aryl methyl sites for hydroxylation is 1. The predicted octanol–water partition coefficient (Wildman–Crippen LogP) is 2.99. The number of anilines is 1. The Kier molecular flexibility index (Phi) is 4.18. The van der Waals surface area contributed by atoms with Crippen molar-refractivity contribution in [2.45, 2.75) is 31.1 Å². The number of fused-ring (bicyclic) bond motifs is 3. The first-order valence-corrected chi connectivity index (χ1v) is 10.3. The summed E-state index contributed by atoms with van der Waals surface area (Å²) in [5.74, 6) is 0.0130. The van der Waals surface area contributed by atoms with Crippen molar-refractivity contribution in [3.05, 3.63) is 53.0 Å². The van der Waals surface area contributed by atoms with Gasteiger partial charge in [0.1, 0.15) is 5.82 Å². The van der Waals surface area contributed by atoms with Crippen LogP contribution in [0.4, 0.5) is 5.82 Å². The Morgan fingerprint density at radius 2 is 2.03 bits per heavy atom. The number of hydrogen-bond donors (Lipinski definition) is 3. The second-order valence-corrected chi connectivity index (χ2v) is 8.54. The van der Waals surface area contributed by atoms with Crippen molar-refractivity contribution in [3.8, 4) is 22.5 Å². The number of carboxylic acids is 1. The number of nitrogens with two attached hydrogens (primary N) is 1. The number of pyridine rings is 2. The number of carbonyl (C=O) groups is 1. The smallest absolute Gasteiger partial charge is 0.337 e. The summed E-state index contributed by atoms with van der Waals surface area (Å²) in [7, 11) is 3.91. The van der Waals surface area contributed by atoms with Gasteiger partial charge in [-0.15, -0.1) is 0 Å². The summed E-state index contributed by atoms with van der Waals surface area (Å²) in [6, 6.07) is 6.03. The zero-order valence-electron chi connectivity index (χ0n) is 17.2. The molecule has 0 radical (unpaired) electrons. The molecule has 4 N–H and O–H groups in total. The minimum absolute atomic E-state index is 0.215. The third-order valence-corrected chi connectivity index (χ3v) is 6.49. The SMILES string of the molecule is CN(C)c1ccc(-c2cc3c(cn2)CCc2c-3[nH]c(C3(CN)CC3)c2C(=O)O)cn1. The van der Waals surface area contributed by atoms with Crippen molar-refractivity contribution in [1.29, 1.82) is 0 Å². The van der Waals surface area contributed by atoms with Gasteiger partial charge < -0.3 is 20.7 Å². The summed E-state index contributed by atoms with van der Waals surface area (Å²) in [5.41, 5.74) is 12.7. The van der Waals surface area contributed by atoms with Crippen LogP contribution in [0.3, 0.4) is 0 Å². The van der Waals surface area contributed by atoms with Gasteiger partial charge in [-0.3, -0.25) is 4.98 Å². The fourth-order valence-corrected chi connectivity index (χ4v) is 4.49. The van der Waals surface area contributed by atoms with E-state index in [0.29, 0.717) is 18.5 Å². The first-order valence-electron chi connectivity index (χ1n) is 10.3. The van der Waals surface area contributed by atoms with E-state index in [-0.39, 0.29) is 5.41 Å². The Bertz CT molecular complexity index is 1140. The van der Waals surface area contributed by atoms with E-state index in [1.165, 1.54) is 0 Å². The molecule has 5 rings (SSSR count). The van der Waals surface area contributed by atoms with E-state index in [9.17, 15) is 9.90 Å². The van der Waals surface area contributed by atoms with E-state index in [0.717, 1.165) is 64.4 Å². The highest BCUT2D eigenvalue weighted by atomic mass is 16.4. The molecule has 0 saturated heterocycles. The zero-order valence-corrected chi connectivity index (χ0v) is 17.2. The van der Waals surface area contributed by atoms with Gasteiger partial charge in [-0.2, -0.15) is 0 Å². The van der Waals surface area contributed by atoms with E-state index < -0.39 is 5.97 Å². The lowest BCUT2D eigenvalue weighted by atomic mass is 9.87. The van der Waals surface area contributed by atoms with Crippen molar-refractivity contribution in [3.63, 3.8) is 0 Å². The standard InChI is InChI=1S/C23H25N5O2/c1-28(2)18-6-4-14(11-26-18)17-9-16-13(10-25-17)3-5-15-19(22(29)30)21(27-20(15)16)23(12-24)7-8-23/h4,6,9-11,27H,3,5,7-8,12,24H2,1-2H3,(H,29,30). The second kappa shape index (κ2) is 6.67. The first kappa shape index (κ1) is 18.8. The molecule has 154 valence electrons. The molecule has 7 nitrogen and oxygen atoms in total. The molecule has 7 heteroatoms. The van der Waals surface area contributed by atoms with Crippen LogP contribution in [0.15, 0.2) is 30.6 Å². The monoisotopic (exact) mass is 403 g/mol. The van der Waals surface area contributed by atoms with Gasteiger partial charge in [-0.05, 0) is 55.0 Å². The zero-order chi connectivity index (χ0) is 21.0. The lowest BCUT2D eigenvalue weighted by molar-refractivity contribution is 0.0694. The van der Waals surface area contributed by atoms with Crippen LogP contribution in [0.1, 0.15) is 40.0 Å². The third kappa shape index (κ3) is 2.81. The molecule has 0 bridgehead atoms. The number of aromatic carboxylic acids is 1. The largest absolute Gasteiger partial charge is 0.478 e. The van der Waals surface area contributed by atoms with E-state index >= 15 is 0 Å². The number of rotatable bonds is 5. The highest BCUT2D eigenvalue weighted by Gasteiger charge is 2.48. The summed E-state index contributed by atoms with van der Waals surface area (Å²) in [6.45, 7) is 0.463. The maximum atomic E-state index is 12.1. The van der Waals surface area contributed by atoms with Gasteiger partial charge >= 0.3 is 5.97 Å². The van der Waals surface area contributed by atoms with Crippen molar-refractivity contribution in [1.82, 2.24) is 15.0 Å². The molecule has 0 aliphatic heterocycles. The van der Waals surface area contributed by atoms with E-state index in [1.807, 2.05) is 49.6 Å². The van der Waals surface area contributed by atoms with Gasteiger partial charge in [0.2, 0.25) is 0 Å². The number of H-pyrrole nitrogens is 1. The Hall–Kier alpha value is -3.19. The van der Waals surface area contributed by atoms with Gasteiger partial charge in [0.05, 0.1) is 17.0 Å². The van der Waals surface area contributed by atoms with Gasteiger partial charge in [0.15, 0.2) is 0 Å². The number of nitrogens with zero attached hydrogens (tertiary/aromatic N) is 3. The molecule has 0 atom stereocenters. The lowest BCUT2D eigenvalue weighted by Crippen LogP contribution is -2.23. The Morgan fingerprint density at radius 1 is 1.23 bits per heavy atom. The molecule has 0 spiro atoms. The van der Waals surface area contributed by atoms with Crippen molar-refractivity contribution in [2.24, 2.45) is 5.73 Å². The van der Waals surface area contributed by atoms with Gasteiger partial charge in [-0.1, -0.05) is 0 Å². The van der Waals surface area contributed by atoms with Crippen molar-refractivity contribution >= 4 is 11.8 Å². The van der Waals surface area contributed by atoms with Crippen LogP contribution < -0.4 is 10.6 Å². The molecule has 0 amide bonds. The molecule has 0 unspecified atom stereocenters. The summed E-state index contributed by atoms with van der Waals surface area (Å²) in [4.78, 5) is 26.7. The van der Waals surface area contributed by atoms with Crippen LogP contribution in [0.25, 0.3) is 22.5 Å². The number of aromatic nitrogens is 3. The summed E-state index contributed by atoms with van der Waals surface area (Å²) in [5, 5.41) is 9.96. The normalized spacial score (nSPS) is 16.0. The quantitative estimate of drug-likeness (QED) is 0.604. The molecule has 3 aromatic heterocycles. The maximum Gasteiger partial charge on any atom is 0.337 e. The minimum Gasteiger partial charge on any atom is -0.478 e. The van der Waals surface area contributed by atoms with Crippen LogP contribution in [-0.2, 0) is 18.3 Å². The second-order valence-electron chi connectivity index (χ2n) is 8.54. The summed E-state index contributed by atoms with van der Waals surface area (Å²) in [6.07, 6.45) is 7.07. The Morgan fingerprint density at radius 3 is 2.63 bits per heavy atom. The van der Waals surface area contributed by atoms with Crippen LogP contribution in [0.2, 0.25) is 0 Å². The van der Waals surface area contributed by atoms with E-state index in [1.54, 1.807) is 0 Å².